The summed E-state index contributed by atoms with van der Waals surface area (Å²) in [4.78, 5) is 14.7. The molecule has 7 nitrogen and oxygen atoms in total. The molecule has 0 aliphatic carbocycles. The van der Waals surface area contributed by atoms with Crippen LogP contribution in [-0.4, -0.2) is 56.6 Å². The molecule has 1 amide bonds. The van der Waals surface area contributed by atoms with Gasteiger partial charge in [-0.1, -0.05) is 0 Å². The fourth-order valence-corrected chi connectivity index (χ4v) is 3.18. The van der Waals surface area contributed by atoms with E-state index in [2.05, 4.69) is 15.3 Å². The number of nitrogens with one attached hydrogen (secondary N) is 1. The van der Waals surface area contributed by atoms with Gasteiger partial charge >= 0.3 is 0 Å². The number of halogens is 1. The molecule has 1 aliphatic rings. The Labute approximate surface area is 155 Å². The van der Waals surface area contributed by atoms with Crippen LogP contribution in [-0.2, 0) is 11.3 Å². The quantitative estimate of drug-likeness (QED) is 0.766. The molecule has 0 saturated carbocycles. The molecule has 3 aromatic rings. The summed E-state index contributed by atoms with van der Waals surface area (Å²) in [5.41, 5.74) is 1.77. The average Bonchev–Trinajstić information content (AvgIpc) is 3.31. The van der Waals surface area contributed by atoms with E-state index in [4.69, 9.17) is 4.74 Å². The number of amides is 1. The van der Waals surface area contributed by atoms with Crippen molar-refractivity contribution in [2.45, 2.75) is 19.1 Å². The number of aromatic nitrogens is 4. The zero-order valence-corrected chi connectivity index (χ0v) is 14.7. The summed E-state index contributed by atoms with van der Waals surface area (Å²) in [7, 11) is 0. The molecule has 1 atom stereocenters. The first-order chi connectivity index (χ1) is 13.2. The minimum atomic E-state index is -0.307. The van der Waals surface area contributed by atoms with Crippen molar-refractivity contribution in [1.82, 2.24) is 24.9 Å². The summed E-state index contributed by atoms with van der Waals surface area (Å²) in [6.07, 6.45) is 4.27. The molecule has 3 heterocycles. The third-order valence-corrected chi connectivity index (χ3v) is 4.54. The number of rotatable bonds is 4. The van der Waals surface area contributed by atoms with Gasteiger partial charge in [0.15, 0.2) is 0 Å². The molecule has 0 spiro atoms. The highest BCUT2D eigenvalue weighted by atomic mass is 19.1. The molecular weight excluding hydrogens is 349 g/mol. The van der Waals surface area contributed by atoms with E-state index in [0.717, 1.165) is 12.0 Å². The van der Waals surface area contributed by atoms with Crippen LogP contribution in [0.2, 0.25) is 0 Å². The van der Waals surface area contributed by atoms with E-state index < -0.39 is 0 Å². The monoisotopic (exact) mass is 369 g/mol. The molecule has 1 aliphatic heterocycles. The van der Waals surface area contributed by atoms with E-state index in [9.17, 15) is 9.18 Å². The smallest absolute Gasteiger partial charge is 0.271 e. The van der Waals surface area contributed by atoms with Gasteiger partial charge in [-0.2, -0.15) is 10.2 Å². The van der Waals surface area contributed by atoms with Crippen molar-refractivity contribution in [1.29, 1.82) is 0 Å². The molecule has 1 fully saturated rings. The van der Waals surface area contributed by atoms with E-state index in [1.54, 1.807) is 29.3 Å². The highest BCUT2D eigenvalue weighted by Crippen LogP contribution is 2.19. The lowest BCUT2D eigenvalue weighted by atomic mass is 10.1. The first kappa shape index (κ1) is 17.4. The summed E-state index contributed by atoms with van der Waals surface area (Å²) in [6.45, 7) is 2.32. The van der Waals surface area contributed by atoms with E-state index in [1.165, 1.54) is 12.1 Å². The van der Waals surface area contributed by atoms with Crippen molar-refractivity contribution in [3.05, 3.63) is 60.3 Å². The number of carbonyl (C=O) groups excluding carboxylic acids is 1. The largest absolute Gasteiger partial charge is 0.374 e. The molecule has 8 heteroatoms. The molecule has 2 aromatic heterocycles. The fraction of sp³-hybridized carbons (Fsp3) is 0.316. The lowest BCUT2D eigenvalue weighted by Gasteiger charge is -2.23. The zero-order chi connectivity index (χ0) is 18.6. The lowest BCUT2D eigenvalue weighted by molar-refractivity contribution is 0.0365. The Morgan fingerprint density at radius 3 is 2.96 bits per heavy atom. The molecular formula is C19H20FN5O2. The van der Waals surface area contributed by atoms with Crippen LogP contribution < -0.4 is 0 Å². The Bertz CT molecular complexity index is 891. The second-order valence-electron chi connectivity index (χ2n) is 6.50. The third-order valence-electron chi connectivity index (χ3n) is 4.54. The summed E-state index contributed by atoms with van der Waals surface area (Å²) in [5.74, 6) is -0.426. The van der Waals surface area contributed by atoms with Crippen molar-refractivity contribution >= 4 is 5.91 Å². The first-order valence-corrected chi connectivity index (χ1v) is 8.89. The Balaban J connectivity index is 1.47. The molecule has 1 saturated heterocycles. The van der Waals surface area contributed by atoms with Gasteiger partial charge in [-0.15, -0.1) is 0 Å². The second kappa shape index (κ2) is 7.71. The van der Waals surface area contributed by atoms with Gasteiger partial charge in [-0.25, -0.2) is 4.39 Å². The maximum absolute atomic E-state index is 13.1. The minimum absolute atomic E-state index is 0.115. The molecule has 4 rings (SSSR count). The van der Waals surface area contributed by atoms with Crippen LogP contribution in [0.4, 0.5) is 4.39 Å². The molecule has 1 N–H and O–H groups in total. The van der Waals surface area contributed by atoms with Crippen LogP contribution >= 0.6 is 0 Å². The summed E-state index contributed by atoms with van der Waals surface area (Å²) < 4.78 is 20.8. The van der Waals surface area contributed by atoms with Gasteiger partial charge in [0.2, 0.25) is 0 Å². The van der Waals surface area contributed by atoms with E-state index in [1.807, 2.05) is 16.9 Å². The summed E-state index contributed by atoms with van der Waals surface area (Å²) in [6, 6.07) is 9.58. The Hall–Kier alpha value is -3.00. The number of hydrogen-bond donors (Lipinski definition) is 1. The Morgan fingerprint density at radius 1 is 1.33 bits per heavy atom. The van der Waals surface area contributed by atoms with Crippen LogP contribution in [0.1, 0.15) is 16.9 Å². The van der Waals surface area contributed by atoms with Crippen molar-refractivity contribution in [3.63, 3.8) is 0 Å². The van der Waals surface area contributed by atoms with Crippen molar-refractivity contribution in [3.8, 4) is 11.3 Å². The number of hydrogen-bond acceptors (Lipinski definition) is 4. The van der Waals surface area contributed by atoms with Crippen molar-refractivity contribution in [2.75, 3.05) is 19.7 Å². The van der Waals surface area contributed by atoms with Gasteiger partial charge in [0, 0.05) is 37.7 Å². The molecule has 0 unspecified atom stereocenters. The Morgan fingerprint density at radius 2 is 2.19 bits per heavy atom. The standard InChI is InChI=1S/C19H20FN5O2/c20-15-5-3-14(4-6-15)17-11-18(23-22-17)19(26)24-8-2-10-27-16(12-24)13-25-9-1-7-21-25/h1,3-7,9,11,16H,2,8,10,12-13H2,(H,22,23)/t16-/m1/s1. The van der Waals surface area contributed by atoms with Crippen LogP contribution in [0, 0.1) is 5.82 Å². The molecule has 140 valence electrons. The number of aromatic amines is 1. The minimum Gasteiger partial charge on any atom is -0.374 e. The van der Waals surface area contributed by atoms with Gasteiger partial charge in [-0.05, 0) is 42.8 Å². The SMILES string of the molecule is O=C(c1cc(-c2ccc(F)cc2)n[nH]1)N1CCCO[C@@H](Cn2cccn2)C1. The topological polar surface area (TPSA) is 76.0 Å². The number of benzene rings is 1. The molecule has 1 aromatic carbocycles. The number of nitrogens with zero attached hydrogens (tertiary/aromatic N) is 4. The lowest BCUT2D eigenvalue weighted by Crippen LogP contribution is -2.38. The van der Waals surface area contributed by atoms with Gasteiger partial charge in [0.25, 0.3) is 5.91 Å². The van der Waals surface area contributed by atoms with Crippen molar-refractivity contribution < 1.29 is 13.9 Å². The van der Waals surface area contributed by atoms with Crippen molar-refractivity contribution in [2.24, 2.45) is 0 Å². The third kappa shape index (κ3) is 4.06. The number of ether oxygens (including phenoxy) is 1. The van der Waals surface area contributed by atoms with Gasteiger partial charge in [0.05, 0.1) is 18.3 Å². The van der Waals surface area contributed by atoms with Gasteiger partial charge < -0.3 is 9.64 Å². The molecule has 0 radical (unpaired) electrons. The molecule has 27 heavy (non-hydrogen) atoms. The second-order valence-corrected chi connectivity index (χ2v) is 6.50. The molecule has 0 bridgehead atoms. The average molecular weight is 369 g/mol. The predicted octanol–water partition coefficient (Wildman–Crippen LogP) is 2.34. The Kier molecular flexibility index (Phi) is 4.97. The van der Waals surface area contributed by atoms with Crippen LogP contribution in [0.3, 0.4) is 0 Å². The van der Waals surface area contributed by atoms with Crippen LogP contribution in [0.25, 0.3) is 11.3 Å². The number of H-pyrrole nitrogens is 1. The fourth-order valence-electron chi connectivity index (χ4n) is 3.18. The number of carbonyl (C=O) groups is 1. The maximum atomic E-state index is 13.1. The van der Waals surface area contributed by atoms with Gasteiger partial charge in [0.1, 0.15) is 11.5 Å². The van der Waals surface area contributed by atoms with Gasteiger partial charge in [-0.3, -0.25) is 14.6 Å². The summed E-state index contributed by atoms with van der Waals surface area (Å²) >= 11 is 0. The van der Waals surface area contributed by atoms with Crippen LogP contribution in [0.5, 0.6) is 0 Å². The normalized spacial score (nSPS) is 17.7. The summed E-state index contributed by atoms with van der Waals surface area (Å²) in [5, 5.41) is 11.2. The van der Waals surface area contributed by atoms with E-state index >= 15 is 0 Å². The zero-order valence-electron chi connectivity index (χ0n) is 14.7. The maximum Gasteiger partial charge on any atom is 0.271 e. The highest BCUT2D eigenvalue weighted by molar-refractivity contribution is 5.93. The highest BCUT2D eigenvalue weighted by Gasteiger charge is 2.25. The van der Waals surface area contributed by atoms with Crippen LogP contribution in [0.15, 0.2) is 48.8 Å². The van der Waals surface area contributed by atoms with E-state index in [0.29, 0.717) is 37.6 Å². The van der Waals surface area contributed by atoms with E-state index in [-0.39, 0.29) is 17.8 Å². The first-order valence-electron chi connectivity index (χ1n) is 8.89. The predicted molar refractivity (Wildman–Crippen MR) is 96.5 cm³/mol.